The average Bonchev–Trinajstić information content (AvgIpc) is 2.62. The van der Waals surface area contributed by atoms with Gasteiger partial charge < -0.3 is 15.0 Å². The summed E-state index contributed by atoms with van der Waals surface area (Å²) in [5, 5.41) is 3.87. The van der Waals surface area contributed by atoms with Crippen LogP contribution in [-0.2, 0) is 11.8 Å². The van der Waals surface area contributed by atoms with Gasteiger partial charge in [0.2, 0.25) is 0 Å². The van der Waals surface area contributed by atoms with E-state index in [1.54, 1.807) is 18.0 Å². The summed E-state index contributed by atoms with van der Waals surface area (Å²) in [6, 6.07) is 0. The molecule has 1 heterocycles. The molecule has 6 heteroatoms. The van der Waals surface area contributed by atoms with Crippen molar-refractivity contribution in [3.8, 4) is 0 Å². The van der Waals surface area contributed by atoms with Crippen LogP contribution in [0, 0.1) is 0 Å². The summed E-state index contributed by atoms with van der Waals surface area (Å²) >= 11 is 0. The van der Waals surface area contributed by atoms with Gasteiger partial charge in [-0.3, -0.25) is 5.10 Å². The van der Waals surface area contributed by atoms with Crippen LogP contribution in [0.5, 0.6) is 0 Å². The van der Waals surface area contributed by atoms with Crippen LogP contribution in [0.25, 0.3) is 0 Å². The Kier molecular flexibility index (Phi) is 5.64. The normalized spacial score (nSPS) is 23.3. The average molecular weight is 223 g/mol. The Morgan fingerprint density at radius 1 is 1.71 bits per heavy atom. The molecule has 1 aliphatic carbocycles. The van der Waals surface area contributed by atoms with E-state index in [9.17, 15) is 9.18 Å². The Morgan fingerprint density at radius 2 is 2.29 bits per heavy atom. The number of aryl methyl sites for hydroxylation is 1. The molecule has 0 bridgehead atoms. The van der Waals surface area contributed by atoms with Crippen LogP contribution in [0.1, 0.15) is 23.6 Å². The molecule has 0 saturated heterocycles. The van der Waals surface area contributed by atoms with Crippen LogP contribution in [0.15, 0.2) is 6.20 Å². The molecule has 1 aromatic rings. The van der Waals surface area contributed by atoms with Crippen molar-refractivity contribution in [2.24, 2.45) is 7.05 Å². The minimum Gasteiger partial charge on any atom is -0.870 e. The van der Waals surface area contributed by atoms with Crippen LogP contribution in [0.4, 0.5) is 4.39 Å². The second-order valence-electron chi connectivity index (χ2n) is 3.03. The summed E-state index contributed by atoms with van der Waals surface area (Å²) in [6.45, 7) is 0. The Balaban J connectivity index is 0.000000845. The minimum atomic E-state index is -0.799. The maximum Gasteiger partial charge on any atom is 1.00 e. The molecule has 0 aliphatic heterocycles. The molecule has 0 radical (unpaired) electrons. The third-order valence-electron chi connectivity index (χ3n) is 2.16. The number of hydrogen-bond donors (Lipinski definition) is 0. The van der Waals surface area contributed by atoms with Gasteiger partial charge in [0.1, 0.15) is 0 Å². The second-order valence-corrected chi connectivity index (χ2v) is 3.03. The largest absolute Gasteiger partial charge is 1.00 e. The summed E-state index contributed by atoms with van der Waals surface area (Å²) in [7, 11) is 1.71. The van der Waals surface area contributed by atoms with E-state index in [1.807, 2.05) is 0 Å². The zero-order valence-electron chi connectivity index (χ0n) is 8.07. The van der Waals surface area contributed by atoms with Crippen molar-refractivity contribution in [2.75, 3.05) is 0 Å². The summed E-state index contributed by atoms with van der Waals surface area (Å²) in [4.78, 5) is 10.4. The van der Waals surface area contributed by atoms with Gasteiger partial charge in [0.05, 0.1) is 12.5 Å². The van der Waals surface area contributed by atoms with Crippen molar-refractivity contribution >= 4 is 6.29 Å². The van der Waals surface area contributed by atoms with E-state index < -0.39 is 6.17 Å². The van der Waals surface area contributed by atoms with Gasteiger partial charge in [0.15, 0.2) is 0 Å². The van der Waals surface area contributed by atoms with E-state index in [2.05, 4.69) is 5.10 Å². The summed E-state index contributed by atoms with van der Waals surface area (Å²) in [5.41, 5.74) is 1.07. The minimum absolute atomic E-state index is 0. The number of halogens is 1. The molecular weight excluding hydrogens is 214 g/mol. The first kappa shape index (κ1) is 14.4. The molecule has 4 nitrogen and oxygen atoms in total. The molecule has 2 atom stereocenters. The van der Waals surface area contributed by atoms with Crippen molar-refractivity contribution in [1.82, 2.24) is 9.78 Å². The number of carbonyl (C=O) groups excluding carboxylic acids is 1. The Morgan fingerprint density at radius 3 is 2.71 bits per heavy atom. The van der Waals surface area contributed by atoms with E-state index in [0.29, 0.717) is 17.7 Å². The van der Waals surface area contributed by atoms with Gasteiger partial charge in [0.25, 0.3) is 0 Å². The van der Waals surface area contributed by atoms with Crippen LogP contribution in [0.3, 0.4) is 0 Å². The molecule has 1 fully saturated rings. The predicted octanol–water partition coefficient (Wildman–Crippen LogP) is -2.47. The number of alkyl halides is 1. The Hall–Kier alpha value is 0.406. The monoisotopic (exact) mass is 223 g/mol. The zero-order chi connectivity index (χ0) is 8.72. The molecule has 0 aromatic carbocycles. The van der Waals surface area contributed by atoms with Crippen LogP contribution < -0.4 is 51.4 Å². The molecule has 0 spiro atoms. The van der Waals surface area contributed by atoms with Crippen LogP contribution >= 0.6 is 0 Å². The van der Waals surface area contributed by atoms with E-state index in [1.165, 1.54) is 6.20 Å². The summed E-state index contributed by atoms with van der Waals surface area (Å²) in [5.74, 6) is -0.131. The summed E-state index contributed by atoms with van der Waals surface area (Å²) in [6.07, 6.45) is 2.89. The van der Waals surface area contributed by atoms with Gasteiger partial charge >= 0.3 is 51.4 Å². The Bertz CT molecular complexity index is 329. The van der Waals surface area contributed by atoms with E-state index in [0.717, 1.165) is 0 Å². The molecule has 1 N–H and O–H groups in total. The van der Waals surface area contributed by atoms with Gasteiger partial charge in [0, 0.05) is 7.05 Å². The molecule has 2 rings (SSSR count). The zero-order valence-corrected chi connectivity index (χ0v) is 11.2. The maximum absolute atomic E-state index is 12.7. The van der Waals surface area contributed by atoms with E-state index in [4.69, 9.17) is 0 Å². The molecule has 0 amide bonds. The molecular formula is C8H9FKN2O2-. The Labute approximate surface area is 124 Å². The van der Waals surface area contributed by atoms with Gasteiger partial charge in [-0.2, -0.15) is 0 Å². The van der Waals surface area contributed by atoms with Gasteiger partial charge in [-0.25, -0.2) is 4.39 Å². The fraction of sp³-hybridized carbons (Fsp3) is 0.500. The SMILES string of the molecule is Cn1ncc([C-]=O)c1C1CC1F.[K+].[OH-]. The van der Waals surface area contributed by atoms with Gasteiger partial charge in [-0.05, 0) is 12.3 Å². The molecule has 1 aromatic heterocycles. The summed E-state index contributed by atoms with van der Waals surface area (Å²) < 4.78 is 14.2. The molecule has 2 unspecified atom stereocenters. The third kappa shape index (κ3) is 2.50. The maximum atomic E-state index is 12.7. The third-order valence-corrected chi connectivity index (χ3v) is 2.16. The first-order valence-electron chi connectivity index (χ1n) is 3.78. The number of aromatic nitrogens is 2. The molecule has 72 valence electrons. The molecule has 14 heavy (non-hydrogen) atoms. The topological polar surface area (TPSA) is 64.9 Å². The first-order valence-corrected chi connectivity index (χ1v) is 3.78. The fourth-order valence-electron chi connectivity index (χ4n) is 1.41. The number of hydrogen-bond acceptors (Lipinski definition) is 3. The van der Waals surface area contributed by atoms with Crippen LogP contribution in [0.2, 0.25) is 0 Å². The molecule has 1 aliphatic rings. The van der Waals surface area contributed by atoms with Gasteiger partial charge in [-0.1, -0.05) is 11.9 Å². The van der Waals surface area contributed by atoms with E-state index >= 15 is 0 Å². The van der Waals surface area contributed by atoms with Crippen molar-refractivity contribution < 1.29 is 66.0 Å². The van der Waals surface area contributed by atoms with Crippen molar-refractivity contribution in [1.29, 1.82) is 0 Å². The smallest absolute Gasteiger partial charge is 0.870 e. The van der Waals surface area contributed by atoms with Crippen LogP contribution in [-0.4, -0.2) is 27.7 Å². The quantitative estimate of drug-likeness (QED) is 0.412. The molecule has 1 saturated carbocycles. The predicted molar refractivity (Wildman–Crippen MR) is 42.2 cm³/mol. The van der Waals surface area contributed by atoms with Crippen molar-refractivity contribution in [3.63, 3.8) is 0 Å². The first-order chi connectivity index (χ1) is 5.74. The second kappa shape index (κ2) is 5.48. The number of nitrogens with zero attached hydrogens (tertiary/aromatic N) is 2. The van der Waals surface area contributed by atoms with Crippen molar-refractivity contribution in [2.45, 2.75) is 18.5 Å². The standard InChI is InChI=1S/C8H8FN2O.K.H2O/c1-11-8(6-2-7(6)9)5(4-12)3-10-11;;/h3,6-7H,2H2,1H3;;1H2/q-1;+1;/p-1. The van der Waals surface area contributed by atoms with E-state index in [-0.39, 0.29) is 62.8 Å². The number of rotatable bonds is 2. The van der Waals surface area contributed by atoms with Gasteiger partial charge in [-0.15, -0.1) is 5.56 Å². The van der Waals surface area contributed by atoms with Crippen molar-refractivity contribution in [3.05, 3.63) is 17.5 Å². The fourth-order valence-corrected chi connectivity index (χ4v) is 1.41.